The zero-order chi connectivity index (χ0) is 16.9. The van der Waals surface area contributed by atoms with Crippen LogP contribution < -0.4 is 16.6 Å². The van der Waals surface area contributed by atoms with Crippen LogP contribution in [0.1, 0.15) is 33.0 Å². The van der Waals surface area contributed by atoms with Crippen LogP contribution in [0.5, 0.6) is 0 Å². The third kappa shape index (κ3) is 3.47. The number of aromatic nitrogens is 4. The highest BCUT2D eigenvalue weighted by Gasteiger charge is 2.16. The third-order valence-corrected chi connectivity index (χ3v) is 3.49. The fourth-order valence-corrected chi connectivity index (χ4v) is 2.30. The SMILES string of the molecule is CCCn1c(C)nc2c1c(=O)n(C)c(=O)n2C.CCNCC. The first-order valence-electron chi connectivity index (χ1n) is 7.74. The average molecular weight is 309 g/mol. The van der Waals surface area contributed by atoms with Crippen LogP contribution >= 0.6 is 0 Å². The summed E-state index contributed by atoms with van der Waals surface area (Å²) in [4.78, 5) is 28.2. The standard InChI is InChI=1S/C11H16N4O2.C4H11N/c1-5-6-15-7(2)12-9-8(15)10(16)14(4)11(17)13(9)3;1-3-5-4-2/h5-6H2,1-4H3;5H,3-4H2,1-2H3. The van der Waals surface area contributed by atoms with E-state index in [0.717, 1.165) is 36.4 Å². The third-order valence-electron chi connectivity index (χ3n) is 3.49. The molecule has 7 heteroatoms. The van der Waals surface area contributed by atoms with Crippen molar-refractivity contribution in [2.75, 3.05) is 13.1 Å². The molecule has 1 N–H and O–H groups in total. The zero-order valence-electron chi connectivity index (χ0n) is 14.4. The van der Waals surface area contributed by atoms with E-state index in [4.69, 9.17) is 0 Å². The molecule has 7 nitrogen and oxygen atoms in total. The predicted octanol–water partition coefficient (Wildman–Crippen LogP) is 0.768. The molecule has 0 aromatic carbocycles. The quantitative estimate of drug-likeness (QED) is 0.905. The van der Waals surface area contributed by atoms with Gasteiger partial charge in [0.05, 0.1) is 0 Å². The molecule has 0 atom stereocenters. The summed E-state index contributed by atoms with van der Waals surface area (Å²) in [7, 11) is 3.12. The van der Waals surface area contributed by atoms with Gasteiger partial charge in [0.1, 0.15) is 5.82 Å². The molecule has 124 valence electrons. The number of rotatable bonds is 4. The molecule has 0 aliphatic carbocycles. The van der Waals surface area contributed by atoms with Crippen molar-refractivity contribution in [3.8, 4) is 0 Å². The molecule has 0 radical (unpaired) electrons. The molecule has 0 aliphatic heterocycles. The molecule has 2 rings (SSSR count). The molecule has 0 fully saturated rings. The second-order valence-corrected chi connectivity index (χ2v) is 5.15. The smallest absolute Gasteiger partial charge is 0.322 e. The largest absolute Gasteiger partial charge is 0.332 e. The second-order valence-electron chi connectivity index (χ2n) is 5.15. The lowest BCUT2D eigenvalue weighted by molar-refractivity contribution is 0.663. The van der Waals surface area contributed by atoms with Crippen molar-refractivity contribution in [2.24, 2.45) is 14.1 Å². The monoisotopic (exact) mass is 309 g/mol. The van der Waals surface area contributed by atoms with Gasteiger partial charge < -0.3 is 9.88 Å². The van der Waals surface area contributed by atoms with Gasteiger partial charge in [0.15, 0.2) is 11.2 Å². The van der Waals surface area contributed by atoms with Gasteiger partial charge in [-0.2, -0.15) is 0 Å². The normalized spacial score (nSPS) is 10.6. The zero-order valence-corrected chi connectivity index (χ0v) is 14.4. The number of fused-ring (bicyclic) bond motifs is 1. The van der Waals surface area contributed by atoms with E-state index >= 15 is 0 Å². The summed E-state index contributed by atoms with van der Waals surface area (Å²) in [6.07, 6.45) is 0.915. The van der Waals surface area contributed by atoms with Crippen molar-refractivity contribution in [1.29, 1.82) is 0 Å². The maximum Gasteiger partial charge on any atom is 0.332 e. The minimum Gasteiger partial charge on any atom is -0.322 e. The minimum atomic E-state index is -0.344. The van der Waals surface area contributed by atoms with Gasteiger partial charge in [-0.15, -0.1) is 0 Å². The molecule has 2 aromatic heterocycles. The Bertz CT molecular complexity index is 737. The molecular weight excluding hydrogens is 282 g/mol. The predicted molar refractivity (Wildman–Crippen MR) is 89.5 cm³/mol. The lowest BCUT2D eigenvalue weighted by Gasteiger charge is -2.06. The summed E-state index contributed by atoms with van der Waals surface area (Å²) >= 11 is 0. The van der Waals surface area contributed by atoms with Crippen molar-refractivity contribution in [3.63, 3.8) is 0 Å². The summed E-state index contributed by atoms with van der Waals surface area (Å²) < 4.78 is 4.41. The lowest BCUT2D eigenvalue weighted by atomic mass is 10.4. The van der Waals surface area contributed by atoms with Gasteiger partial charge in [-0.05, 0) is 26.4 Å². The summed E-state index contributed by atoms with van der Waals surface area (Å²) in [5.74, 6) is 0.764. The van der Waals surface area contributed by atoms with Gasteiger partial charge in [-0.25, -0.2) is 9.78 Å². The van der Waals surface area contributed by atoms with E-state index in [1.807, 2.05) is 18.4 Å². The maximum absolute atomic E-state index is 12.1. The van der Waals surface area contributed by atoms with Crippen LogP contribution in [0.2, 0.25) is 0 Å². The Labute approximate surface area is 130 Å². The Morgan fingerprint density at radius 1 is 1.05 bits per heavy atom. The Morgan fingerprint density at radius 3 is 2.09 bits per heavy atom. The van der Waals surface area contributed by atoms with E-state index in [2.05, 4.69) is 24.1 Å². The van der Waals surface area contributed by atoms with E-state index in [1.165, 1.54) is 11.6 Å². The number of hydrogen-bond acceptors (Lipinski definition) is 4. The van der Waals surface area contributed by atoms with Crippen molar-refractivity contribution >= 4 is 11.2 Å². The molecule has 2 aromatic rings. The van der Waals surface area contributed by atoms with Gasteiger partial charge >= 0.3 is 5.69 Å². The highest BCUT2D eigenvalue weighted by Crippen LogP contribution is 2.10. The molecule has 0 aliphatic rings. The number of nitrogens with zero attached hydrogens (tertiary/aromatic N) is 4. The first-order chi connectivity index (χ1) is 10.4. The van der Waals surface area contributed by atoms with Gasteiger partial charge in [0.25, 0.3) is 5.56 Å². The van der Waals surface area contributed by atoms with Gasteiger partial charge in [0, 0.05) is 20.6 Å². The first-order valence-corrected chi connectivity index (χ1v) is 7.74. The fraction of sp³-hybridized carbons (Fsp3) is 0.667. The van der Waals surface area contributed by atoms with Crippen molar-refractivity contribution in [2.45, 2.75) is 40.7 Å². The number of imidazole rings is 1. The van der Waals surface area contributed by atoms with Crippen LogP contribution in [0.15, 0.2) is 9.59 Å². The van der Waals surface area contributed by atoms with Gasteiger partial charge in [-0.3, -0.25) is 13.9 Å². The second kappa shape index (κ2) is 7.93. The van der Waals surface area contributed by atoms with E-state index in [9.17, 15) is 9.59 Å². The number of nitrogens with one attached hydrogen (secondary N) is 1. The summed E-state index contributed by atoms with van der Waals surface area (Å²) in [5, 5.41) is 3.11. The Hall–Kier alpha value is -1.89. The minimum absolute atomic E-state index is 0.280. The summed E-state index contributed by atoms with van der Waals surface area (Å²) in [5.41, 5.74) is 0.346. The highest BCUT2D eigenvalue weighted by molar-refractivity contribution is 5.70. The molecule has 0 saturated carbocycles. The number of aryl methyl sites for hydroxylation is 3. The topological polar surface area (TPSA) is 73.8 Å². The van der Waals surface area contributed by atoms with Crippen LogP contribution in [0, 0.1) is 6.92 Å². The maximum atomic E-state index is 12.1. The van der Waals surface area contributed by atoms with E-state index < -0.39 is 0 Å². The molecule has 0 saturated heterocycles. The van der Waals surface area contributed by atoms with Crippen molar-refractivity contribution < 1.29 is 0 Å². The Kier molecular flexibility index (Phi) is 6.55. The number of hydrogen-bond donors (Lipinski definition) is 1. The molecule has 0 spiro atoms. The van der Waals surface area contributed by atoms with Crippen molar-refractivity contribution in [3.05, 3.63) is 26.7 Å². The van der Waals surface area contributed by atoms with E-state index in [0.29, 0.717) is 11.2 Å². The van der Waals surface area contributed by atoms with Gasteiger partial charge in [0.2, 0.25) is 0 Å². The van der Waals surface area contributed by atoms with Crippen molar-refractivity contribution in [1.82, 2.24) is 24.0 Å². The van der Waals surface area contributed by atoms with Crippen LogP contribution in [0.25, 0.3) is 11.2 Å². The lowest BCUT2D eigenvalue weighted by Crippen LogP contribution is -2.37. The summed E-state index contributed by atoms with van der Waals surface area (Å²) in [6.45, 7) is 11.0. The van der Waals surface area contributed by atoms with E-state index in [1.54, 1.807) is 7.05 Å². The van der Waals surface area contributed by atoms with Crippen LogP contribution in [-0.2, 0) is 20.6 Å². The highest BCUT2D eigenvalue weighted by atomic mass is 16.2. The molecule has 0 amide bonds. The van der Waals surface area contributed by atoms with Gasteiger partial charge in [-0.1, -0.05) is 20.8 Å². The van der Waals surface area contributed by atoms with Crippen LogP contribution in [0.3, 0.4) is 0 Å². The molecule has 0 bridgehead atoms. The fourth-order valence-electron chi connectivity index (χ4n) is 2.30. The first kappa shape index (κ1) is 18.2. The molecular formula is C15H27N5O2. The summed E-state index contributed by atoms with van der Waals surface area (Å²) in [6, 6.07) is 0. The van der Waals surface area contributed by atoms with E-state index in [-0.39, 0.29) is 11.2 Å². The Morgan fingerprint density at radius 2 is 1.64 bits per heavy atom. The van der Waals surface area contributed by atoms with Crippen LogP contribution in [0.4, 0.5) is 0 Å². The van der Waals surface area contributed by atoms with Crippen LogP contribution in [-0.4, -0.2) is 31.8 Å². The molecule has 0 unspecified atom stereocenters. The Balaban J connectivity index is 0.000000422. The molecule has 2 heterocycles. The molecule has 22 heavy (non-hydrogen) atoms. The average Bonchev–Trinajstić information content (AvgIpc) is 2.82.